The fourth-order valence-corrected chi connectivity index (χ4v) is 1.07. The highest BCUT2D eigenvalue weighted by molar-refractivity contribution is 7.46. The summed E-state index contributed by atoms with van der Waals surface area (Å²) >= 11 is 0. The van der Waals surface area contributed by atoms with Gasteiger partial charge < -0.3 is 31.1 Å². The minimum atomic E-state index is -4.75. The number of phosphoric ester groups is 1. The summed E-state index contributed by atoms with van der Waals surface area (Å²) in [5, 5.41) is 18.9. The molecule has 1 amide bonds. The van der Waals surface area contributed by atoms with E-state index < -0.39 is 45.0 Å². The Morgan fingerprint density at radius 1 is 1.41 bits per heavy atom. The molecule has 0 rings (SSSR count). The van der Waals surface area contributed by atoms with E-state index in [0.29, 0.717) is 0 Å². The Kier molecular flexibility index (Phi) is 6.24. The van der Waals surface area contributed by atoms with Crippen LogP contribution in [0.5, 0.6) is 0 Å². The first-order valence-corrected chi connectivity index (χ1v) is 5.80. The van der Waals surface area contributed by atoms with Crippen LogP contribution in [-0.2, 0) is 18.7 Å². The third-order valence-corrected chi connectivity index (χ3v) is 2.04. The second kappa shape index (κ2) is 6.64. The van der Waals surface area contributed by atoms with E-state index in [9.17, 15) is 14.2 Å². The molecular formula is C6H13N2O8P. The molecule has 100 valence electrons. The zero-order chi connectivity index (χ0) is 13.6. The van der Waals surface area contributed by atoms with Gasteiger partial charge in [-0.3, -0.25) is 9.32 Å². The molecule has 0 aliphatic carbocycles. The molecule has 0 saturated carbocycles. The number of nitrogens with two attached hydrogens (primary N) is 1. The van der Waals surface area contributed by atoms with Crippen molar-refractivity contribution in [2.75, 3.05) is 13.2 Å². The van der Waals surface area contributed by atoms with E-state index in [1.165, 1.54) is 0 Å². The quantitative estimate of drug-likeness (QED) is 0.263. The molecule has 0 fully saturated rings. The SMILES string of the molecule is N[C@@H](COP(=O)(O)O)C(=O)N[C@@H](CO)C(=O)O. The monoisotopic (exact) mass is 272 g/mol. The van der Waals surface area contributed by atoms with Gasteiger partial charge in [-0.05, 0) is 0 Å². The van der Waals surface area contributed by atoms with Gasteiger partial charge in [0.2, 0.25) is 5.91 Å². The number of amides is 1. The lowest BCUT2D eigenvalue weighted by Gasteiger charge is -2.16. The van der Waals surface area contributed by atoms with Crippen LogP contribution in [0.3, 0.4) is 0 Å². The van der Waals surface area contributed by atoms with Gasteiger partial charge in [0.25, 0.3) is 0 Å². The van der Waals surface area contributed by atoms with E-state index in [1.54, 1.807) is 0 Å². The predicted molar refractivity (Wildman–Crippen MR) is 52.6 cm³/mol. The molecule has 0 aromatic carbocycles. The molecule has 0 aromatic rings. The first-order chi connectivity index (χ1) is 7.67. The summed E-state index contributed by atoms with van der Waals surface area (Å²) in [6.45, 7) is -1.62. The van der Waals surface area contributed by atoms with E-state index in [1.807, 2.05) is 5.32 Å². The molecule has 0 heterocycles. The summed E-state index contributed by atoms with van der Waals surface area (Å²) in [5.41, 5.74) is 5.17. The zero-order valence-corrected chi connectivity index (χ0v) is 9.41. The Bertz CT molecular complexity index is 328. The van der Waals surface area contributed by atoms with Gasteiger partial charge in [0, 0.05) is 0 Å². The normalized spacial score (nSPS) is 15.1. The molecule has 0 spiro atoms. The molecule has 11 heteroatoms. The van der Waals surface area contributed by atoms with Gasteiger partial charge >= 0.3 is 13.8 Å². The fourth-order valence-electron chi connectivity index (χ4n) is 0.717. The van der Waals surface area contributed by atoms with Crippen LogP contribution in [-0.4, -0.2) is 57.2 Å². The maximum Gasteiger partial charge on any atom is 0.469 e. The number of carboxylic acid groups (broad SMARTS) is 1. The van der Waals surface area contributed by atoms with Crippen LogP contribution in [0.4, 0.5) is 0 Å². The highest BCUT2D eigenvalue weighted by atomic mass is 31.2. The van der Waals surface area contributed by atoms with Gasteiger partial charge in [0.1, 0.15) is 12.1 Å². The summed E-state index contributed by atoms with van der Waals surface area (Å²) in [6, 6.07) is -3.00. The number of aliphatic hydroxyl groups is 1. The molecule has 0 bridgehead atoms. The third kappa shape index (κ3) is 7.00. The second-order valence-electron chi connectivity index (χ2n) is 2.97. The summed E-state index contributed by atoms with van der Waals surface area (Å²) in [4.78, 5) is 38.3. The molecule has 10 nitrogen and oxygen atoms in total. The summed E-state index contributed by atoms with van der Waals surface area (Å²) < 4.78 is 14.3. The Hall–Kier alpha value is -1.03. The van der Waals surface area contributed by atoms with E-state index in [-0.39, 0.29) is 0 Å². The largest absolute Gasteiger partial charge is 0.480 e. The van der Waals surface area contributed by atoms with Gasteiger partial charge in [0.05, 0.1) is 13.2 Å². The van der Waals surface area contributed by atoms with Crippen LogP contribution < -0.4 is 11.1 Å². The molecule has 0 aliphatic heterocycles. The number of hydrogen-bond acceptors (Lipinski definition) is 6. The van der Waals surface area contributed by atoms with E-state index in [0.717, 1.165) is 0 Å². The summed E-state index contributed by atoms with van der Waals surface area (Å²) in [7, 11) is -4.75. The minimum absolute atomic E-state index is 0.784. The van der Waals surface area contributed by atoms with Gasteiger partial charge in [-0.15, -0.1) is 0 Å². The number of rotatable bonds is 7. The summed E-state index contributed by atoms with van der Waals surface area (Å²) in [5.74, 6) is -2.48. The molecule has 0 saturated heterocycles. The zero-order valence-electron chi connectivity index (χ0n) is 8.52. The number of hydrogen-bond donors (Lipinski definition) is 6. The molecule has 0 radical (unpaired) electrons. The topological polar surface area (TPSA) is 179 Å². The Morgan fingerprint density at radius 2 is 1.94 bits per heavy atom. The van der Waals surface area contributed by atoms with Crippen LogP contribution in [0.25, 0.3) is 0 Å². The third-order valence-electron chi connectivity index (χ3n) is 1.56. The average Bonchev–Trinajstić information content (AvgIpc) is 2.20. The average molecular weight is 272 g/mol. The van der Waals surface area contributed by atoms with Crippen LogP contribution in [0.1, 0.15) is 0 Å². The van der Waals surface area contributed by atoms with Crippen molar-refractivity contribution in [3.05, 3.63) is 0 Å². The van der Waals surface area contributed by atoms with Crippen molar-refractivity contribution < 1.29 is 38.7 Å². The van der Waals surface area contributed by atoms with E-state index in [4.69, 9.17) is 25.7 Å². The van der Waals surface area contributed by atoms with Gasteiger partial charge in [-0.1, -0.05) is 0 Å². The van der Waals surface area contributed by atoms with Crippen LogP contribution in [0.15, 0.2) is 0 Å². The summed E-state index contributed by atoms with van der Waals surface area (Å²) in [6.07, 6.45) is 0. The number of carboxylic acids is 1. The number of carbonyl (C=O) groups excluding carboxylic acids is 1. The molecule has 17 heavy (non-hydrogen) atoms. The van der Waals surface area contributed by atoms with Crippen LogP contribution >= 0.6 is 7.82 Å². The molecule has 0 aliphatic rings. The van der Waals surface area contributed by atoms with Crippen molar-refractivity contribution in [1.82, 2.24) is 5.32 Å². The lowest BCUT2D eigenvalue weighted by molar-refractivity contribution is -0.143. The highest BCUT2D eigenvalue weighted by Gasteiger charge is 2.24. The van der Waals surface area contributed by atoms with Crippen LogP contribution in [0.2, 0.25) is 0 Å². The van der Waals surface area contributed by atoms with Gasteiger partial charge in [0.15, 0.2) is 0 Å². The highest BCUT2D eigenvalue weighted by Crippen LogP contribution is 2.35. The number of aliphatic carboxylic acids is 1. The lowest BCUT2D eigenvalue weighted by Crippen LogP contribution is -2.51. The molecule has 0 unspecified atom stereocenters. The van der Waals surface area contributed by atoms with Crippen molar-refractivity contribution in [3.8, 4) is 0 Å². The van der Waals surface area contributed by atoms with E-state index >= 15 is 0 Å². The Labute approximate surface area is 95.6 Å². The number of nitrogens with one attached hydrogen (secondary N) is 1. The molecule has 7 N–H and O–H groups in total. The molecule has 2 atom stereocenters. The Balaban J connectivity index is 4.22. The number of phosphoric acid groups is 1. The van der Waals surface area contributed by atoms with E-state index in [2.05, 4.69) is 4.52 Å². The first kappa shape index (κ1) is 16.0. The Morgan fingerprint density at radius 3 is 2.29 bits per heavy atom. The maximum atomic E-state index is 11.2. The maximum absolute atomic E-state index is 11.2. The van der Waals surface area contributed by atoms with Crippen molar-refractivity contribution in [2.24, 2.45) is 5.73 Å². The van der Waals surface area contributed by atoms with Crippen molar-refractivity contribution >= 4 is 19.7 Å². The standard InChI is InChI=1S/C6H13N2O8P/c7-3(2-16-17(13,14)15)5(10)8-4(1-9)6(11)12/h3-4,9H,1-2,7H2,(H,8,10)(H,11,12)(H2,13,14,15)/t3-,4-/m0/s1. The van der Waals surface area contributed by atoms with Gasteiger partial charge in [-0.25, -0.2) is 9.36 Å². The van der Waals surface area contributed by atoms with Crippen molar-refractivity contribution in [2.45, 2.75) is 12.1 Å². The minimum Gasteiger partial charge on any atom is -0.480 e. The number of aliphatic hydroxyl groups excluding tert-OH is 1. The second-order valence-corrected chi connectivity index (χ2v) is 4.21. The lowest BCUT2D eigenvalue weighted by atomic mass is 10.2. The fraction of sp³-hybridized carbons (Fsp3) is 0.667. The predicted octanol–water partition coefficient (Wildman–Crippen LogP) is -3.02. The van der Waals surface area contributed by atoms with Crippen molar-refractivity contribution in [3.63, 3.8) is 0 Å². The van der Waals surface area contributed by atoms with Crippen LogP contribution in [0, 0.1) is 0 Å². The molecular weight excluding hydrogens is 259 g/mol. The van der Waals surface area contributed by atoms with Crippen molar-refractivity contribution in [1.29, 1.82) is 0 Å². The molecule has 0 aromatic heterocycles. The number of carbonyl (C=O) groups is 2. The first-order valence-electron chi connectivity index (χ1n) is 4.27. The smallest absolute Gasteiger partial charge is 0.469 e. The van der Waals surface area contributed by atoms with Gasteiger partial charge in [-0.2, -0.15) is 0 Å².